The number of anilines is 1. The summed E-state index contributed by atoms with van der Waals surface area (Å²) in [6.45, 7) is 8.31. The van der Waals surface area contributed by atoms with Gasteiger partial charge < -0.3 is 5.73 Å². The van der Waals surface area contributed by atoms with E-state index < -0.39 is 0 Å². The molecule has 5 heteroatoms. The van der Waals surface area contributed by atoms with E-state index in [9.17, 15) is 0 Å². The highest BCUT2D eigenvalue weighted by Gasteiger charge is 2.15. The van der Waals surface area contributed by atoms with E-state index in [2.05, 4.69) is 30.7 Å². The van der Waals surface area contributed by atoms with Crippen molar-refractivity contribution in [3.8, 4) is 0 Å². The maximum atomic E-state index is 6.28. The molecule has 0 fully saturated rings. The quantitative estimate of drug-likeness (QED) is 0.801. The first-order valence-electron chi connectivity index (χ1n) is 5.69. The van der Waals surface area contributed by atoms with Gasteiger partial charge in [0.25, 0.3) is 0 Å². The summed E-state index contributed by atoms with van der Waals surface area (Å²) >= 11 is 8.03. The first kappa shape index (κ1) is 13.4. The lowest BCUT2D eigenvalue weighted by Gasteiger charge is -2.18. The van der Waals surface area contributed by atoms with Crippen LogP contribution >= 0.6 is 23.4 Å². The standard InChI is InChI=1S/C13H16ClN3S/c1-7-16-10-6-8(18-13(2,3)4)5-9(14)11(10)12(15)17-7/h5-6H,1-4H3,(H2,15,16,17). The minimum Gasteiger partial charge on any atom is -0.383 e. The number of aryl methyl sites for hydroxylation is 1. The zero-order valence-corrected chi connectivity index (χ0v) is 12.5. The molecule has 1 aromatic heterocycles. The third kappa shape index (κ3) is 2.87. The van der Waals surface area contributed by atoms with Crippen molar-refractivity contribution in [2.45, 2.75) is 37.3 Å². The molecule has 0 atom stereocenters. The molecule has 3 nitrogen and oxygen atoms in total. The molecular weight excluding hydrogens is 266 g/mol. The highest BCUT2D eigenvalue weighted by atomic mass is 35.5. The summed E-state index contributed by atoms with van der Waals surface area (Å²) in [6, 6.07) is 3.94. The predicted octanol–water partition coefficient (Wildman–Crippen LogP) is 4.06. The molecule has 0 spiro atoms. The van der Waals surface area contributed by atoms with Crippen molar-refractivity contribution >= 4 is 40.1 Å². The molecule has 0 aliphatic carbocycles. The summed E-state index contributed by atoms with van der Waals surface area (Å²) in [4.78, 5) is 9.64. The third-order valence-electron chi connectivity index (χ3n) is 2.29. The van der Waals surface area contributed by atoms with Crippen LogP contribution in [0.4, 0.5) is 5.82 Å². The Kier molecular flexibility index (Phi) is 3.43. The smallest absolute Gasteiger partial charge is 0.136 e. The number of hydrogen-bond donors (Lipinski definition) is 1. The fourth-order valence-corrected chi connectivity index (χ4v) is 3.18. The van der Waals surface area contributed by atoms with Crippen LogP contribution < -0.4 is 5.73 Å². The Labute approximate surface area is 116 Å². The summed E-state index contributed by atoms with van der Waals surface area (Å²) in [5.74, 6) is 1.10. The first-order chi connectivity index (χ1) is 8.26. The summed E-state index contributed by atoms with van der Waals surface area (Å²) in [7, 11) is 0. The van der Waals surface area contributed by atoms with Gasteiger partial charge in [-0.1, -0.05) is 32.4 Å². The molecule has 0 amide bonds. The SMILES string of the molecule is Cc1nc(N)c2c(Cl)cc(SC(C)(C)C)cc2n1. The Morgan fingerprint density at radius 2 is 1.89 bits per heavy atom. The second-order valence-corrected chi connectivity index (χ2v) is 7.48. The van der Waals surface area contributed by atoms with Gasteiger partial charge in [-0.25, -0.2) is 9.97 Å². The number of halogens is 1. The minimum atomic E-state index is 0.130. The molecule has 96 valence electrons. The van der Waals surface area contributed by atoms with Gasteiger partial charge in [-0.3, -0.25) is 0 Å². The van der Waals surface area contributed by atoms with Crippen LogP contribution in [-0.4, -0.2) is 14.7 Å². The van der Waals surface area contributed by atoms with E-state index in [1.807, 2.05) is 19.1 Å². The van der Waals surface area contributed by atoms with E-state index in [1.165, 1.54) is 0 Å². The maximum Gasteiger partial charge on any atom is 0.136 e. The van der Waals surface area contributed by atoms with Crippen LogP contribution in [0.3, 0.4) is 0 Å². The normalized spacial score (nSPS) is 12.1. The monoisotopic (exact) mass is 281 g/mol. The lowest BCUT2D eigenvalue weighted by molar-refractivity contribution is 0.803. The van der Waals surface area contributed by atoms with Crippen LogP contribution in [0.25, 0.3) is 10.9 Å². The fourth-order valence-electron chi connectivity index (χ4n) is 1.75. The Balaban J connectivity index is 2.62. The lowest BCUT2D eigenvalue weighted by Crippen LogP contribution is -2.06. The van der Waals surface area contributed by atoms with Crippen LogP contribution in [0.2, 0.25) is 5.02 Å². The second kappa shape index (κ2) is 4.59. The van der Waals surface area contributed by atoms with Gasteiger partial charge in [0.15, 0.2) is 0 Å². The number of fused-ring (bicyclic) bond motifs is 1. The van der Waals surface area contributed by atoms with Crippen molar-refractivity contribution < 1.29 is 0 Å². The van der Waals surface area contributed by atoms with Gasteiger partial charge in [-0.15, -0.1) is 11.8 Å². The molecule has 0 aliphatic heterocycles. The first-order valence-corrected chi connectivity index (χ1v) is 6.88. The molecule has 2 N–H and O–H groups in total. The van der Waals surface area contributed by atoms with Gasteiger partial charge in [0.05, 0.1) is 15.9 Å². The molecule has 2 rings (SSSR count). The van der Waals surface area contributed by atoms with Gasteiger partial charge in [-0.2, -0.15) is 0 Å². The summed E-state index contributed by atoms with van der Waals surface area (Å²) in [6.07, 6.45) is 0. The summed E-state index contributed by atoms with van der Waals surface area (Å²) in [5, 5.41) is 1.34. The largest absolute Gasteiger partial charge is 0.383 e. The number of thioether (sulfide) groups is 1. The number of nitrogens with two attached hydrogens (primary N) is 1. The predicted molar refractivity (Wildman–Crippen MR) is 79.3 cm³/mol. The Morgan fingerprint density at radius 3 is 2.50 bits per heavy atom. The highest BCUT2D eigenvalue weighted by Crippen LogP contribution is 2.37. The van der Waals surface area contributed by atoms with Crippen molar-refractivity contribution in [3.63, 3.8) is 0 Å². The Morgan fingerprint density at radius 1 is 1.22 bits per heavy atom. The molecule has 0 saturated heterocycles. The molecule has 2 aromatic rings. The lowest BCUT2D eigenvalue weighted by atomic mass is 10.2. The Bertz CT molecular complexity index is 605. The molecular formula is C13H16ClN3S. The molecule has 0 radical (unpaired) electrons. The second-order valence-electron chi connectivity index (χ2n) is 5.17. The number of rotatable bonds is 1. The van der Waals surface area contributed by atoms with Crippen molar-refractivity contribution in [1.29, 1.82) is 0 Å². The maximum absolute atomic E-state index is 6.28. The average Bonchev–Trinajstić information content (AvgIpc) is 2.11. The van der Waals surface area contributed by atoms with Crippen LogP contribution in [0.1, 0.15) is 26.6 Å². The zero-order chi connectivity index (χ0) is 13.5. The zero-order valence-electron chi connectivity index (χ0n) is 10.9. The van der Waals surface area contributed by atoms with E-state index in [4.69, 9.17) is 17.3 Å². The highest BCUT2D eigenvalue weighted by molar-refractivity contribution is 8.00. The van der Waals surface area contributed by atoms with Crippen LogP contribution in [0, 0.1) is 6.92 Å². The molecule has 0 unspecified atom stereocenters. The third-order valence-corrected chi connectivity index (χ3v) is 3.67. The molecule has 0 aliphatic rings. The Hall–Kier alpha value is -1.00. The number of nitrogen functional groups attached to an aromatic ring is 1. The van der Waals surface area contributed by atoms with E-state index in [0.29, 0.717) is 16.7 Å². The van der Waals surface area contributed by atoms with E-state index >= 15 is 0 Å². The van der Waals surface area contributed by atoms with Gasteiger partial charge in [0, 0.05) is 9.64 Å². The van der Waals surface area contributed by atoms with E-state index in [-0.39, 0.29) is 4.75 Å². The van der Waals surface area contributed by atoms with E-state index in [0.717, 1.165) is 15.8 Å². The van der Waals surface area contributed by atoms with Gasteiger partial charge in [-0.05, 0) is 19.1 Å². The number of aromatic nitrogens is 2. The van der Waals surface area contributed by atoms with Crippen molar-refractivity contribution in [3.05, 3.63) is 23.0 Å². The molecule has 1 aromatic carbocycles. The van der Waals surface area contributed by atoms with E-state index in [1.54, 1.807) is 11.8 Å². The number of hydrogen-bond acceptors (Lipinski definition) is 4. The average molecular weight is 282 g/mol. The van der Waals surface area contributed by atoms with Crippen molar-refractivity contribution in [2.24, 2.45) is 0 Å². The molecule has 0 saturated carbocycles. The van der Waals surface area contributed by atoms with Gasteiger partial charge >= 0.3 is 0 Å². The topological polar surface area (TPSA) is 51.8 Å². The van der Waals surface area contributed by atoms with Gasteiger partial charge in [0.2, 0.25) is 0 Å². The molecule has 18 heavy (non-hydrogen) atoms. The number of benzene rings is 1. The van der Waals surface area contributed by atoms with Gasteiger partial charge in [0.1, 0.15) is 11.6 Å². The van der Waals surface area contributed by atoms with Crippen molar-refractivity contribution in [2.75, 3.05) is 5.73 Å². The minimum absolute atomic E-state index is 0.130. The van der Waals surface area contributed by atoms with Crippen LogP contribution in [-0.2, 0) is 0 Å². The molecule has 1 heterocycles. The fraction of sp³-hybridized carbons (Fsp3) is 0.385. The number of nitrogens with zero attached hydrogens (tertiary/aromatic N) is 2. The van der Waals surface area contributed by atoms with Crippen LogP contribution in [0.5, 0.6) is 0 Å². The summed E-state index contributed by atoms with van der Waals surface area (Å²) < 4.78 is 0.130. The summed E-state index contributed by atoms with van der Waals surface area (Å²) in [5.41, 5.74) is 6.70. The van der Waals surface area contributed by atoms with Crippen molar-refractivity contribution in [1.82, 2.24) is 9.97 Å². The molecule has 0 bridgehead atoms. The van der Waals surface area contributed by atoms with Crippen LogP contribution in [0.15, 0.2) is 17.0 Å².